The largest absolute Gasteiger partial charge is 0.469 e. The van der Waals surface area contributed by atoms with E-state index in [1.54, 1.807) is 6.26 Å². The van der Waals surface area contributed by atoms with Crippen LogP contribution in [0.2, 0.25) is 0 Å². The van der Waals surface area contributed by atoms with Gasteiger partial charge in [0.15, 0.2) is 5.96 Å². The minimum Gasteiger partial charge on any atom is -0.469 e. The molecular formula is C16H26N4O. The van der Waals surface area contributed by atoms with Crippen molar-refractivity contribution in [2.45, 2.75) is 31.7 Å². The molecule has 5 heteroatoms. The Morgan fingerprint density at radius 1 is 1.38 bits per heavy atom. The van der Waals surface area contributed by atoms with E-state index >= 15 is 0 Å². The van der Waals surface area contributed by atoms with E-state index in [4.69, 9.17) is 4.42 Å². The smallest absolute Gasteiger partial charge is 0.193 e. The maximum absolute atomic E-state index is 5.36. The molecule has 2 aliphatic heterocycles. The van der Waals surface area contributed by atoms with E-state index in [0.717, 1.165) is 43.8 Å². The SMILES string of the molecule is CN=C(NCCc1ccco1)N1CCC(N2CCCC2)C1. The third kappa shape index (κ3) is 3.59. The van der Waals surface area contributed by atoms with Crippen LogP contribution in [0.4, 0.5) is 0 Å². The van der Waals surface area contributed by atoms with Crippen molar-refractivity contribution < 1.29 is 4.42 Å². The van der Waals surface area contributed by atoms with Crippen LogP contribution in [-0.4, -0.2) is 61.6 Å². The van der Waals surface area contributed by atoms with Crippen LogP contribution < -0.4 is 5.32 Å². The first-order valence-corrected chi connectivity index (χ1v) is 8.09. The van der Waals surface area contributed by atoms with Gasteiger partial charge in [0.2, 0.25) is 0 Å². The monoisotopic (exact) mass is 290 g/mol. The Morgan fingerprint density at radius 2 is 2.24 bits per heavy atom. The molecule has 2 saturated heterocycles. The van der Waals surface area contributed by atoms with Gasteiger partial charge in [0, 0.05) is 39.1 Å². The summed E-state index contributed by atoms with van der Waals surface area (Å²) in [6, 6.07) is 4.67. The summed E-state index contributed by atoms with van der Waals surface area (Å²) in [5, 5.41) is 3.46. The molecule has 2 aliphatic rings. The van der Waals surface area contributed by atoms with Gasteiger partial charge >= 0.3 is 0 Å². The molecule has 0 spiro atoms. The molecule has 21 heavy (non-hydrogen) atoms. The molecule has 0 amide bonds. The average Bonchev–Trinajstić information content (AvgIpc) is 3.24. The molecule has 0 aliphatic carbocycles. The Bertz CT molecular complexity index is 451. The standard InChI is InChI=1S/C16H26N4O/c1-17-16(18-8-6-15-5-4-12-21-15)20-11-7-14(13-20)19-9-2-3-10-19/h4-5,12,14H,2-3,6-11,13H2,1H3,(H,17,18). The van der Waals surface area contributed by atoms with Crippen LogP contribution in [0.15, 0.2) is 27.8 Å². The zero-order valence-electron chi connectivity index (χ0n) is 12.9. The molecule has 0 bridgehead atoms. The predicted molar refractivity (Wildman–Crippen MR) is 84.6 cm³/mol. The molecule has 3 rings (SSSR count). The lowest BCUT2D eigenvalue weighted by atomic mass is 10.2. The van der Waals surface area contributed by atoms with Gasteiger partial charge in [-0.1, -0.05) is 0 Å². The number of furan rings is 1. The molecule has 1 aromatic heterocycles. The maximum Gasteiger partial charge on any atom is 0.193 e. The molecule has 1 N–H and O–H groups in total. The van der Waals surface area contributed by atoms with E-state index in [9.17, 15) is 0 Å². The van der Waals surface area contributed by atoms with Crippen LogP contribution in [-0.2, 0) is 6.42 Å². The third-order valence-corrected chi connectivity index (χ3v) is 4.57. The van der Waals surface area contributed by atoms with Gasteiger partial charge in [-0.3, -0.25) is 9.89 Å². The van der Waals surface area contributed by atoms with Gasteiger partial charge in [-0.15, -0.1) is 0 Å². The van der Waals surface area contributed by atoms with Crippen LogP contribution in [0.3, 0.4) is 0 Å². The predicted octanol–water partition coefficient (Wildman–Crippen LogP) is 1.57. The fraction of sp³-hybridized carbons (Fsp3) is 0.688. The normalized spacial score (nSPS) is 24.0. The Balaban J connectivity index is 1.45. The van der Waals surface area contributed by atoms with Crippen molar-refractivity contribution in [3.05, 3.63) is 24.2 Å². The quantitative estimate of drug-likeness (QED) is 0.675. The minimum absolute atomic E-state index is 0.719. The fourth-order valence-electron chi connectivity index (χ4n) is 3.42. The molecule has 0 saturated carbocycles. The van der Waals surface area contributed by atoms with E-state index in [2.05, 4.69) is 20.1 Å². The van der Waals surface area contributed by atoms with Crippen molar-refractivity contribution in [2.24, 2.45) is 4.99 Å². The van der Waals surface area contributed by atoms with Crippen molar-refractivity contribution in [1.29, 1.82) is 0 Å². The number of nitrogens with one attached hydrogen (secondary N) is 1. The molecule has 0 aromatic carbocycles. The highest BCUT2D eigenvalue weighted by Gasteiger charge is 2.30. The number of likely N-dealkylation sites (tertiary alicyclic amines) is 2. The highest BCUT2D eigenvalue weighted by Crippen LogP contribution is 2.20. The topological polar surface area (TPSA) is 44.0 Å². The molecule has 1 unspecified atom stereocenters. The van der Waals surface area contributed by atoms with Crippen molar-refractivity contribution >= 4 is 5.96 Å². The van der Waals surface area contributed by atoms with Gasteiger partial charge in [-0.2, -0.15) is 0 Å². The first-order valence-electron chi connectivity index (χ1n) is 8.09. The molecular weight excluding hydrogens is 264 g/mol. The molecule has 1 aromatic rings. The average molecular weight is 290 g/mol. The molecule has 116 valence electrons. The van der Waals surface area contributed by atoms with E-state index < -0.39 is 0 Å². The highest BCUT2D eigenvalue weighted by molar-refractivity contribution is 5.80. The summed E-state index contributed by atoms with van der Waals surface area (Å²) in [7, 11) is 1.87. The van der Waals surface area contributed by atoms with Gasteiger partial charge in [0.1, 0.15) is 5.76 Å². The zero-order valence-corrected chi connectivity index (χ0v) is 12.9. The number of guanidine groups is 1. The van der Waals surface area contributed by atoms with Crippen molar-refractivity contribution in [1.82, 2.24) is 15.1 Å². The Morgan fingerprint density at radius 3 is 2.95 bits per heavy atom. The number of hydrogen-bond donors (Lipinski definition) is 1. The second kappa shape index (κ2) is 6.98. The molecule has 0 radical (unpaired) electrons. The van der Waals surface area contributed by atoms with Gasteiger partial charge in [-0.25, -0.2) is 0 Å². The number of aliphatic imine (C=N–C) groups is 1. The lowest BCUT2D eigenvalue weighted by Crippen LogP contribution is -2.43. The van der Waals surface area contributed by atoms with Crippen LogP contribution in [0.25, 0.3) is 0 Å². The lowest BCUT2D eigenvalue weighted by Gasteiger charge is -2.25. The van der Waals surface area contributed by atoms with E-state index in [0.29, 0.717) is 0 Å². The van der Waals surface area contributed by atoms with E-state index in [-0.39, 0.29) is 0 Å². The second-order valence-corrected chi connectivity index (χ2v) is 5.93. The molecule has 1 atom stereocenters. The Hall–Kier alpha value is -1.49. The van der Waals surface area contributed by atoms with E-state index in [1.165, 1.54) is 32.4 Å². The maximum atomic E-state index is 5.36. The molecule has 3 heterocycles. The number of rotatable bonds is 4. The third-order valence-electron chi connectivity index (χ3n) is 4.57. The lowest BCUT2D eigenvalue weighted by molar-refractivity contribution is 0.249. The van der Waals surface area contributed by atoms with Crippen molar-refractivity contribution in [2.75, 3.05) is 39.8 Å². The van der Waals surface area contributed by atoms with Crippen molar-refractivity contribution in [3.8, 4) is 0 Å². The van der Waals surface area contributed by atoms with Crippen molar-refractivity contribution in [3.63, 3.8) is 0 Å². The van der Waals surface area contributed by atoms with Crippen LogP contribution in [0, 0.1) is 0 Å². The highest BCUT2D eigenvalue weighted by atomic mass is 16.3. The summed E-state index contributed by atoms with van der Waals surface area (Å²) in [6.07, 6.45) is 6.62. The van der Waals surface area contributed by atoms with Crippen LogP contribution in [0.1, 0.15) is 25.0 Å². The summed E-state index contributed by atoms with van der Waals surface area (Å²) >= 11 is 0. The number of nitrogens with zero attached hydrogens (tertiary/aromatic N) is 3. The van der Waals surface area contributed by atoms with Crippen LogP contribution >= 0.6 is 0 Å². The fourth-order valence-corrected chi connectivity index (χ4v) is 3.42. The summed E-state index contributed by atoms with van der Waals surface area (Å²) in [4.78, 5) is 9.48. The van der Waals surface area contributed by atoms with Gasteiger partial charge in [0.25, 0.3) is 0 Å². The first-order chi connectivity index (χ1) is 10.4. The minimum atomic E-state index is 0.719. The Labute approximate surface area is 127 Å². The van der Waals surface area contributed by atoms with Gasteiger partial charge in [0.05, 0.1) is 6.26 Å². The molecule has 2 fully saturated rings. The summed E-state index contributed by atoms with van der Waals surface area (Å²) < 4.78 is 5.36. The summed E-state index contributed by atoms with van der Waals surface area (Å²) in [5.41, 5.74) is 0. The van der Waals surface area contributed by atoms with Crippen LogP contribution in [0.5, 0.6) is 0 Å². The Kier molecular flexibility index (Phi) is 4.80. The van der Waals surface area contributed by atoms with Gasteiger partial charge < -0.3 is 14.6 Å². The first kappa shape index (κ1) is 14.4. The zero-order chi connectivity index (χ0) is 14.5. The van der Waals surface area contributed by atoms with E-state index in [1.807, 2.05) is 19.2 Å². The summed E-state index contributed by atoms with van der Waals surface area (Å²) in [6.45, 7) is 5.65. The second-order valence-electron chi connectivity index (χ2n) is 5.93. The summed E-state index contributed by atoms with van der Waals surface area (Å²) in [5.74, 6) is 2.05. The van der Waals surface area contributed by atoms with Gasteiger partial charge in [-0.05, 0) is 44.5 Å². The number of hydrogen-bond acceptors (Lipinski definition) is 3. The molecule has 5 nitrogen and oxygen atoms in total.